The number of halogens is 1. The molecule has 0 saturated carbocycles. The first kappa shape index (κ1) is 9.73. The van der Waals surface area contributed by atoms with Gasteiger partial charge in [0.1, 0.15) is 0 Å². The molecule has 0 bridgehead atoms. The van der Waals surface area contributed by atoms with Crippen LogP contribution in [0.5, 0.6) is 0 Å². The van der Waals surface area contributed by atoms with Crippen molar-refractivity contribution in [3.05, 3.63) is 24.4 Å². The molecule has 10 heavy (non-hydrogen) atoms. The highest BCUT2D eigenvalue weighted by molar-refractivity contribution is 6.20. The number of hydrogen-bond acceptors (Lipinski definition) is 0. The summed E-state index contributed by atoms with van der Waals surface area (Å²) >= 11 is 5.79. The first-order valence-electron chi connectivity index (χ1n) is 3.63. The van der Waals surface area contributed by atoms with Crippen molar-refractivity contribution in [3.8, 4) is 0 Å². The van der Waals surface area contributed by atoms with Crippen LogP contribution in [0.1, 0.15) is 13.8 Å². The summed E-state index contributed by atoms with van der Waals surface area (Å²) in [7, 11) is 2.03. The Balaban J connectivity index is 0.000000371. The highest BCUT2D eigenvalue weighted by Crippen LogP contribution is 1.91. The molecule has 0 fully saturated rings. The van der Waals surface area contributed by atoms with Gasteiger partial charge in [-0.05, 0) is 12.2 Å². The van der Waals surface area contributed by atoms with E-state index < -0.39 is 0 Å². The molecule has 0 aromatic heterocycles. The number of alkyl halides is 1. The standard InChI is InChI=1S/C6H8ClN.C2H6/c1-8-5-3-2-4-6(8)7;1-2/h2-6H,1H3;1-2H3/p+1. The van der Waals surface area contributed by atoms with Crippen molar-refractivity contribution in [1.82, 2.24) is 0 Å². The number of quaternary nitrogens is 1. The summed E-state index contributed by atoms with van der Waals surface area (Å²) in [4.78, 5) is 1.22. The maximum Gasteiger partial charge on any atom is 0.186 e. The van der Waals surface area contributed by atoms with Crippen LogP contribution in [0, 0.1) is 0 Å². The lowest BCUT2D eigenvalue weighted by molar-refractivity contribution is -0.831. The van der Waals surface area contributed by atoms with Crippen LogP contribution in [0.4, 0.5) is 0 Å². The zero-order valence-electron chi connectivity index (χ0n) is 6.76. The van der Waals surface area contributed by atoms with E-state index in [4.69, 9.17) is 11.6 Å². The van der Waals surface area contributed by atoms with Crippen molar-refractivity contribution in [3.63, 3.8) is 0 Å². The summed E-state index contributed by atoms with van der Waals surface area (Å²) in [6.45, 7) is 4.00. The molecule has 1 aliphatic heterocycles. The molecule has 0 spiro atoms. The number of nitrogens with one attached hydrogen (secondary N) is 1. The van der Waals surface area contributed by atoms with Gasteiger partial charge in [0.2, 0.25) is 0 Å². The van der Waals surface area contributed by atoms with Gasteiger partial charge in [0, 0.05) is 0 Å². The first-order chi connectivity index (χ1) is 4.80. The molecule has 0 saturated heterocycles. The van der Waals surface area contributed by atoms with Gasteiger partial charge >= 0.3 is 0 Å². The molecular weight excluding hydrogens is 146 g/mol. The zero-order valence-corrected chi connectivity index (χ0v) is 7.52. The minimum Gasteiger partial charge on any atom is -0.293 e. The van der Waals surface area contributed by atoms with Crippen LogP contribution in [0.15, 0.2) is 24.4 Å². The Morgan fingerprint density at radius 3 is 2.20 bits per heavy atom. The second-order valence-corrected chi connectivity index (χ2v) is 2.36. The fourth-order valence-electron chi connectivity index (χ4n) is 0.613. The third kappa shape index (κ3) is 3.04. The van der Waals surface area contributed by atoms with Crippen molar-refractivity contribution >= 4 is 11.6 Å². The van der Waals surface area contributed by atoms with E-state index in [2.05, 4.69) is 0 Å². The van der Waals surface area contributed by atoms with Crippen molar-refractivity contribution in [2.24, 2.45) is 0 Å². The predicted octanol–water partition coefficient (Wildman–Crippen LogP) is 1.18. The van der Waals surface area contributed by atoms with E-state index in [1.165, 1.54) is 4.90 Å². The number of rotatable bonds is 0. The molecule has 0 aliphatic carbocycles. The van der Waals surface area contributed by atoms with Crippen LogP contribution in [-0.2, 0) is 0 Å². The Bertz CT molecular complexity index is 113. The van der Waals surface area contributed by atoms with Gasteiger partial charge in [-0.15, -0.1) is 0 Å². The molecular formula is C8H15ClN+. The Morgan fingerprint density at radius 2 is 1.90 bits per heavy atom. The van der Waals surface area contributed by atoms with Gasteiger partial charge in [0.15, 0.2) is 5.50 Å². The lowest BCUT2D eigenvalue weighted by atomic mass is 10.4. The average molecular weight is 161 g/mol. The Labute approximate surface area is 68.0 Å². The summed E-state index contributed by atoms with van der Waals surface area (Å²) in [5.41, 5.74) is 0.125. The molecule has 58 valence electrons. The van der Waals surface area contributed by atoms with Gasteiger partial charge in [0.25, 0.3) is 0 Å². The van der Waals surface area contributed by atoms with Crippen molar-refractivity contribution < 1.29 is 4.90 Å². The van der Waals surface area contributed by atoms with E-state index in [1.54, 1.807) is 0 Å². The molecule has 2 atom stereocenters. The summed E-state index contributed by atoms with van der Waals surface area (Å²) < 4.78 is 0. The lowest BCUT2D eigenvalue weighted by Crippen LogP contribution is -3.07. The topological polar surface area (TPSA) is 4.44 Å². The molecule has 0 aromatic carbocycles. The van der Waals surface area contributed by atoms with Gasteiger partial charge in [-0.25, -0.2) is 0 Å². The first-order valence-corrected chi connectivity index (χ1v) is 4.07. The minimum atomic E-state index is 0.125. The third-order valence-corrected chi connectivity index (χ3v) is 1.67. The van der Waals surface area contributed by atoms with Gasteiger partial charge in [0.05, 0.1) is 13.2 Å². The van der Waals surface area contributed by atoms with Gasteiger partial charge in [-0.2, -0.15) is 0 Å². The number of hydrogen-bond donors (Lipinski definition) is 1. The van der Waals surface area contributed by atoms with Gasteiger partial charge in [-0.3, -0.25) is 4.90 Å². The van der Waals surface area contributed by atoms with Crippen LogP contribution in [0.2, 0.25) is 0 Å². The van der Waals surface area contributed by atoms with Gasteiger partial charge < -0.3 is 0 Å². The molecule has 1 heterocycles. The van der Waals surface area contributed by atoms with Crippen LogP contribution in [0.3, 0.4) is 0 Å². The molecule has 0 amide bonds. The molecule has 0 radical (unpaired) electrons. The Kier molecular flexibility index (Phi) is 5.36. The fourth-order valence-corrected chi connectivity index (χ4v) is 0.769. The highest BCUT2D eigenvalue weighted by atomic mass is 35.5. The molecule has 1 rings (SSSR count). The van der Waals surface area contributed by atoms with Crippen LogP contribution < -0.4 is 4.90 Å². The van der Waals surface area contributed by atoms with Crippen LogP contribution in [0.25, 0.3) is 0 Å². The molecule has 1 N–H and O–H groups in total. The lowest BCUT2D eigenvalue weighted by Gasteiger charge is -2.13. The van der Waals surface area contributed by atoms with E-state index in [0.29, 0.717) is 0 Å². The van der Waals surface area contributed by atoms with E-state index in [1.807, 2.05) is 45.3 Å². The smallest absolute Gasteiger partial charge is 0.186 e. The fraction of sp³-hybridized carbons (Fsp3) is 0.500. The largest absolute Gasteiger partial charge is 0.293 e. The van der Waals surface area contributed by atoms with Crippen LogP contribution >= 0.6 is 11.6 Å². The SMILES string of the molecule is CC.C[NH+]1C=CC=CC1Cl. The molecule has 1 nitrogen and oxygen atoms in total. The maximum atomic E-state index is 5.79. The van der Waals surface area contributed by atoms with E-state index in [9.17, 15) is 0 Å². The third-order valence-electron chi connectivity index (χ3n) is 1.19. The van der Waals surface area contributed by atoms with Gasteiger partial charge in [-0.1, -0.05) is 31.5 Å². The highest BCUT2D eigenvalue weighted by Gasteiger charge is 2.08. The Hall–Kier alpha value is -0.270. The summed E-state index contributed by atoms with van der Waals surface area (Å²) in [5.74, 6) is 0. The summed E-state index contributed by atoms with van der Waals surface area (Å²) in [6.07, 6.45) is 7.95. The molecule has 1 aliphatic rings. The van der Waals surface area contributed by atoms with E-state index in [0.717, 1.165) is 0 Å². The average Bonchev–Trinajstić information content (AvgIpc) is 2.00. The van der Waals surface area contributed by atoms with Crippen molar-refractivity contribution in [1.29, 1.82) is 0 Å². The quantitative estimate of drug-likeness (QED) is 0.401. The van der Waals surface area contributed by atoms with E-state index >= 15 is 0 Å². The number of allylic oxidation sites excluding steroid dienone is 2. The van der Waals surface area contributed by atoms with Crippen molar-refractivity contribution in [2.75, 3.05) is 7.05 Å². The monoisotopic (exact) mass is 160 g/mol. The molecule has 0 aromatic rings. The molecule has 2 heteroatoms. The maximum absolute atomic E-state index is 5.79. The number of likely N-dealkylation sites (N-methyl/N-ethyl adjacent to an activating group) is 1. The molecule has 2 unspecified atom stereocenters. The second kappa shape index (κ2) is 5.51. The summed E-state index contributed by atoms with van der Waals surface area (Å²) in [5, 5.41) is 0. The second-order valence-electron chi connectivity index (χ2n) is 1.89. The summed E-state index contributed by atoms with van der Waals surface area (Å²) in [6, 6.07) is 0. The van der Waals surface area contributed by atoms with E-state index in [-0.39, 0.29) is 5.50 Å². The van der Waals surface area contributed by atoms with Crippen LogP contribution in [-0.4, -0.2) is 12.5 Å². The Morgan fingerprint density at radius 1 is 1.30 bits per heavy atom. The van der Waals surface area contributed by atoms with Crippen molar-refractivity contribution in [2.45, 2.75) is 19.3 Å². The zero-order chi connectivity index (χ0) is 7.98. The minimum absolute atomic E-state index is 0.125. The normalized spacial score (nSPS) is 29.2. The predicted molar refractivity (Wildman–Crippen MR) is 46.2 cm³/mol.